The highest BCUT2D eigenvalue weighted by Gasteiger charge is 2.28. The van der Waals surface area contributed by atoms with E-state index in [1.54, 1.807) is 38.1 Å². The number of carbonyl (C=O) groups is 1. The van der Waals surface area contributed by atoms with E-state index in [-0.39, 0.29) is 40.1 Å². The normalized spacial score (nSPS) is 15.8. The Hall–Kier alpha value is -2.46. The van der Waals surface area contributed by atoms with Crippen LogP contribution < -0.4 is 10.3 Å². The first kappa shape index (κ1) is 20.3. The van der Waals surface area contributed by atoms with Gasteiger partial charge < -0.3 is 14.0 Å². The molecule has 28 heavy (non-hydrogen) atoms. The van der Waals surface area contributed by atoms with Crippen LogP contribution in [0.5, 0.6) is 0 Å². The number of likely N-dealkylation sites (tertiary alicyclic amines) is 1. The van der Waals surface area contributed by atoms with Crippen molar-refractivity contribution in [3.63, 3.8) is 0 Å². The van der Waals surface area contributed by atoms with Gasteiger partial charge in [-0.15, -0.1) is 0 Å². The highest BCUT2D eigenvalue weighted by molar-refractivity contribution is 7.89. The number of nitrogens with one attached hydrogen (secondary N) is 1. The van der Waals surface area contributed by atoms with Crippen molar-refractivity contribution in [1.82, 2.24) is 19.3 Å². The van der Waals surface area contributed by atoms with Crippen LogP contribution in [0.3, 0.4) is 0 Å². The van der Waals surface area contributed by atoms with Gasteiger partial charge in [-0.05, 0) is 44.7 Å². The van der Waals surface area contributed by atoms with Crippen molar-refractivity contribution in [2.24, 2.45) is 13.0 Å². The fourth-order valence-corrected chi connectivity index (χ4v) is 4.87. The zero-order valence-corrected chi connectivity index (χ0v) is 17.0. The lowest BCUT2D eigenvalue weighted by Gasteiger charge is -2.32. The van der Waals surface area contributed by atoms with Gasteiger partial charge in [-0.1, -0.05) is 5.16 Å². The molecule has 0 radical (unpaired) electrons. The highest BCUT2D eigenvalue weighted by Crippen LogP contribution is 2.21. The summed E-state index contributed by atoms with van der Waals surface area (Å²) >= 11 is 0. The number of rotatable bonds is 5. The minimum Gasteiger partial charge on any atom is -0.360 e. The van der Waals surface area contributed by atoms with Crippen molar-refractivity contribution >= 4 is 15.9 Å². The summed E-state index contributed by atoms with van der Waals surface area (Å²) < 4.78 is 33.9. The number of hydrogen-bond donors (Lipinski definition) is 1. The average Bonchev–Trinajstić information content (AvgIpc) is 3.01. The number of nitrogens with zero attached hydrogens (tertiary/aromatic N) is 3. The van der Waals surface area contributed by atoms with Gasteiger partial charge >= 0.3 is 0 Å². The summed E-state index contributed by atoms with van der Waals surface area (Å²) in [7, 11) is -2.08. The van der Waals surface area contributed by atoms with Gasteiger partial charge in [0.15, 0.2) is 5.76 Å². The number of aromatic nitrogens is 2. The maximum absolute atomic E-state index is 12.6. The molecular weight excluding hydrogens is 384 g/mol. The molecule has 0 bridgehead atoms. The van der Waals surface area contributed by atoms with Crippen molar-refractivity contribution in [1.29, 1.82) is 0 Å². The van der Waals surface area contributed by atoms with E-state index in [0.717, 1.165) is 0 Å². The van der Waals surface area contributed by atoms with Gasteiger partial charge in [0.25, 0.3) is 11.5 Å². The third-order valence-corrected chi connectivity index (χ3v) is 6.72. The van der Waals surface area contributed by atoms with Gasteiger partial charge in [0.2, 0.25) is 10.0 Å². The molecule has 3 rings (SSSR count). The maximum atomic E-state index is 12.6. The van der Waals surface area contributed by atoms with Gasteiger partial charge in [0, 0.05) is 32.9 Å². The Balaban J connectivity index is 1.58. The summed E-state index contributed by atoms with van der Waals surface area (Å²) in [5, 5.41) is 3.68. The SMILES string of the molecule is Cc1noc(C)c1S(=O)(=O)NCC1CCN(C(=O)c2cccn(C)c2=O)CC1. The first-order chi connectivity index (χ1) is 13.2. The topological polar surface area (TPSA) is 115 Å². The molecule has 1 N–H and O–H groups in total. The maximum Gasteiger partial charge on any atom is 0.263 e. The Labute approximate surface area is 163 Å². The molecule has 1 fully saturated rings. The van der Waals surface area contributed by atoms with Crippen LogP contribution in [-0.2, 0) is 17.1 Å². The standard InChI is InChI=1S/C18H24N4O5S/c1-12-16(13(2)27-20-12)28(25,26)19-11-14-6-9-22(10-7-14)18(24)15-5-4-8-21(3)17(15)23/h4-5,8,14,19H,6-7,9-11H2,1-3H3. The van der Waals surface area contributed by atoms with E-state index in [1.807, 2.05) is 0 Å². The van der Waals surface area contributed by atoms with E-state index in [2.05, 4.69) is 9.88 Å². The quantitative estimate of drug-likeness (QED) is 0.783. The summed E-state index contributed by atoms with van der Waals surface area (Å²) in [6.07, 6.45) is 2.92. The van der Waals surface area contributed by atoms with E-state index in [0.29, 0.717) is 31.6 Å². The van der Waals surface area contributed by atoms with Crippen LogP contribution in [0.15, 0.2) is 32.5 Å². The first-order valence-corrected chi connectivity index (χ1v) is 10.6. The second-order valence-electron chi connectivity index (χ2n) is 7.08. The van der Waals surface area contributed by atoms with Crippen LogP contribution >= 0.6 is 0 Å². The van der Waals surface area contributed by atoms with Crippen LogP contribution in [0.4, 0.5) is 0 Å². The number of amides is 1. The molecule has 152 valence electrons. The molecule has 0 aromatic carbocycles. The molecule has 1 saturated heterocycles. The Morgan fingerprint density at radius 1 is 1.32 bits per heavy atom. The van der Waals surface area contributed by atoms with Crippen molar-refractivity contribution in [3.8, 4) is 0 Å². The van der Waals surface area contributed by atoms with Crippen molar-refractivity contribution in [2.75, 3.05) is 19.6 Å². The number of carbonyl (C=O) groups excluding carboxylic acids is 1. The third kappa shape index (κ3) is 4.02. The second kappa shape index (κ2) is 7.88. The van der Waals surface area contributed by atoms with Crippen molar-refractivity contribution in [2.45, 2.75) is 31.6 Å². The summed E-state index contributed by atoms with van der Waals surface area (Å²) in [6.45, 7) is 4.39. The Morgan fingerprint density at radius 3 is 2.61 bits per heavy atom. The lowest BCUT2D eigenvalue weighted by molar-refractivity contribution is 0.0689. The fourth-order valence-electron chi connectivity index (χ4n) is 3.43. The molecule has 9 nitrogen and oxygen atoms in total. The predicted molar refractivity (Wildman–Crippen MR) is 101 cm³/mol. The number of hydrogen-bond acceptors (Lipinski definition) is 6. The Kier molecular flexibility index (Phi) is 5.71. The highest BCUT2D eigenvalue weighted by atomic mass is 32.2. The van der Waals surface area contributed by atoms with E-state index >= 15 is 0 Å². The first-order valence-electron chi connectivity index (χ1n) is 9.08. The molecule has 10 heteroatoms. The van der Waals surface area contributed by atoms with E-state index in [4.69, 9.17) is 4.52 Å². The van der Waals surface area contributed by atoms with Crippen molar-refractivity contribution in [3.05, 3.63) is 45.7 Å². The smallest absolute Gasteiger partial charge is 0.263 e. The van der Waals surface area contributed by atoms with Gasteiger partial charge in [0.05, 0.1) is 0 Å². The fraction of sp³-hybridized carbons (Fsp3) is 0.500. The molecule has 1 amide bonds. The Bertz CT molecular complexity index is 1010. The summed E-state index contributed by atoms with van der Waals surface area (Å²) in [4.78, 5) is 26.5. The molecule has 1 aliphatic rings. The second-order valence-corrected chi connectivity index (χ2v) is 8.78. The molecule has 0 unspecified atom stereocenters. The third-order valence-electron chi connectivity index (χ3n) is 5.05. The van der Waals surface area contributed by atoms with Gasteiger partial charge in [-0.25, -0.2) is 13.1 Å². The van der Waals surface area contributed by atoms with Crippen LogP contribution in [-0.4, -0.2) is 48.6 Å². The molecule has 2 aromatic rings. The molecule has 0 spiro atoms. The van der Waals surface area contributed by atoms with Crippen LogP contribution in [0, 0.1) is 19.8 Å². The lowest BCUT2D eigenvalue weighted by atomic mass is 9.97. The molecular formula is C18H24N4O5S. The summed E-state index contributed by atoms with van der Waals surface area (Å²) in [5.74, 6) is 0.0868. The molecule has 0 atom stereocenters. The zero-order chi connectivity index (χ0) is 20.5. The molecule has 3 heterocycles. The van der Waals surface area contributed by atoms with Gasteiger partial charge in [-0.3, -0.25) is 9.59 Å². The van der Waals surface area contributed by atoms with E-state index < -0.39 is 10.0 Å². The van der Waals surface area contributed by atoms with E-state index in [9.17, 15) is 18.0 Å². The minimum atomic E-state index is -3.69. The summed E-state index contributed by atoms with van der Waals surface area (Å²) in [6, 6.07) is 3.21. The summed E-state index contributed by atoms with van der Waals surface area (Å²) in [5.41, 5.74) is 0.166. The van der Waals surface area contributed by atoms with E-state index in [1.165, 1.54) is 10.6 Å². The minimum absolute atomic E-state index is 0.0834. The monoisotopic (exact) mass is 408 g/mol. The van der Waals surface area contributed by atoms with Crippen molar-refractivity contribution < 1.29 is 17.7 Å². The molecule has 2 aromatic heterocycles. The van der Waals surface area contributed by atoms with Crippen LogP contribution in [0.25, 0.3) is 0 Å². The predicted octanol–water partition coefficient (Wildman–Crippen LogP) is 0.821. The molecule has 0 aliphatic carbocycles. The largest absolute Gasteiger partial charge is 0.360 e. The number of sulfonamides is 1. The number of piperidine rings is 1. The van der Waals surface area contributed by atoms with Crippen LogP contribution in [0.1, 0.15) is 34.7 Å². The zero-order valence-electron chi connectivity index (χ0n) is 16.1. The molecule has 1 aliphatic heterocycles. The van der Waals surface area contributed by atoms with Gasteiger partial charge in [-0.2, -0.15) is 0 Å². The Morgan fingerprint density at radius 2 is 2.00 bits per heavy atom. The van der Waals surface area contributed by atoms with Crippen LogP contribution in [0.2, 0.25) is 0 Å². The number of aryl methyl sites for hydroxylation is 3. The number of pyridine rings is 1. The average molecular weight is 408 g/mol. The van der Waals surface area contributed by atoms with Gasteiger partial charge in [0.1, 0.15) is 16.2 Å². The molecule has 0 saturated carbocycles. The lowest BCUT2D eigenvalue weighted by Crippen LogP contribution is -2.43.